The first-order valence-corrected chi connectivity index (χ1v) is 8.54. The highest BCUT2D eigenvalue weighted by molar-refractivity contribution is 6.31. The van der Waals surface area contributed by atoms with Gasteiger partial charge in [-0.3, -0.25) is 4.90 Å². The molecule has 0 amide bonds. The van der Waals surface area contributed by atoms with Crippen molar-refractivity contribution < 1.29 is 4.48 Å². The first-order chi connectivity index (χ1) is 11.8. The largest absolute Gasteiger partial charge is 0.391 e. The zero-order chi connectivity index (χ0) is 18.6. The fraction of sp³-hybridized carbons (Fsp3) is 0.300. The number of halogens is 2. The number of likely N-dealkylation sites (N-methyl/N-ethyl adjacent to an activating group) is 2. The second kappa shape index (κ2) is 8.37. The van der Waals surface area contributed by atoms with E-state index in [9.17, 15) is 0 Å². The number of aryl methyl sites for hydroxylation is 1. The monoisotopic (exact) mass is 361 g/mol. The Labute approximate surface area is 154 Å². The van der Waals surface area contributed by atoms with Crippen LogP contribution in [0.4, 0.5) is 10.2 Å². The van der Waals surface area contributed by atoms with Crippen LogP contribution < -0.4 is 10.4 Å². The lowest BCUT2D eigenvalue weighted by molar-refractivity contribution is 0.288. The van der Waals surface area contributed by atoms with E-state index >= 15 is 4.48 Å². The van der Waals surface area contributed by atoms with E-state index < -0.39 is 0 Å². The van der Waals surface area contributed by atoms with Crippen LogP contribution in [0.1, 0.15) is 5.56 Å². The minimum atomic E-state index is -0.170. The highest BCUT2D eigenvalue weighted by Gasteiger charge is 2.21. The summed E-state index contributed by atoms with van der Waals surface area (Å²) in [5, 5.41) is 4.36. The van der Waals surface area contributed by atoms with Crippen LogP contribution in [0.5, 0.6) is 0 Å². The Balaban J connectivity index is 2.37. The third-order valence-electron chi connectivity index (χ3n) is 4.26. The average molecular weight is 362 g/mol. The van der Waals surface area contributed by atoms with Gasteiger partial charge in [0.1, 0.15) is 0 Å². The molecule has 0 radical (unpaired) electrons. The van der Waals surface area contributed by atoms with Crippen LogP contribution in [0, 0.1) is 6.92 Å². The summed E-state index contributed by atoms with van der Waals surface area (Å²) in [6.07, 6.45) is 0. The number of rotatable bonds is 7. The molecule has 0 spiro atoms. The van der Waals surface area contributed by atoms with E-state index in [-0.39, 0.29) is 12.6 Å². The first-order valence-electron chi connectivity index (χ1n) is 8.16. The van der Waals surface area contributed by atoms with Gasteiger partial charge < -0.3 is 5.32 Å². The third kappa shape index (κ3) is 4.74. The summed E-state index contributed by atoms with van der Waals surface area (Å²) in [6, 6.07) is 13.0. The normalized spacial score (nSPS) is 12.1. The van der Waals surface area contributed by atoms with Crippen LogP contribution in [0.25, 0.3) is 11.1 Å². The number of hydrogen-bond donors (Lipinski definition) is 1. The Kier molecular flexibility index (Phi) is 6.45. The minimum absolute atomic E-state index is 0.160. The van der Waals surface area contributed by atoms with E-state index in [1.807, 2.05) is 50.2 Å². The molecular formula is C20H25ClFN3. The summed E-state index contributed by atoms with van der Waals surface area (Å²) < 4.78 is 15.1. The van der Waals surface area contributed by atoms with Crippen LogP contribution in [-0.2, 0) is 0 Å². The molecule has 0 aromatic heterocycles. The van der Waals surface area contributed by atoms with E-state index in [1.54, 1.807) is 25.2 Å². The van der Waals surface area contributed by atoms with E-state index in [0.29, 0.717) is 10.7 Å². The molecule has 2 rings (SSSR count). The van der Waals surface area contributed by atoms with Gasteiger partial charge >= 0.3 is 0 Å². The van der Waals surface area contributed by atoms with E-state index in [2.05, 4.69) is 11.9 Å². The van der Waals surface area contributed by atoms with Gasteiger partial charge in [0.2, 0.25) is 0 Å². The number of hydrogen-bond acceptors (Lipinski definition) is 3. The van der Waals surface area contributed by atoms with Gasteiger partial charge in [0, 0.05) is 23.3 Å². The molecule has 0 fully saturated rings. The van der Waals surface area contributed by atoms with Gasteiger partial charge in [-0.1, -0.05) is 52.5 Å². The molecule has 0 saturated carbocycles. The lowest BCUT2D eigenvalue weighted by Gasteiger charge is -2.29. The maximum absolute atomic E-state index is 15.1. The quantitative estimate of drug-likeness (QED) is 0.723. The molecule has 1 N–H and O–H groups in total. The second-order valence-electron chi connectivity index (χ2n) is 6.33. The summed E-state index contributed by atoms with van der Waals surface area (Å²) in [4.78, 5) is 1.94. The molecule has 2 aromatic carbocycles. The summed E-state index contributed by atoms with van der Waals surface area (Å²) in [5.74, 6) is 0. The van der Waals surface area contributed by atoms with Crippen molar-refractivity contribution in [3.05, 3.63) is 65.3 Å². The van der Waals surface area contributed by atoms with Crippen molar-refractivity contribution in [2.75, 3.05) is 32.8 Å². The minimum Gasteiger partial charge on any atom is -0.391 e. The molecule has 5 heteroatoms. The van der Waals surface area contributed by atoms with Crippen LogP contribution in [0.15, 0.2) is 54.7 Å². The third-order valence-corrected chi connectivity index (χ3v) is 4.50. The van der Waals surface area contributed by atoms with Gasteiger partial charge in [-0.15, -0.1) is 0 Å². The molecule has 134 valence electrons. The number of nitrogens with one attached hydrogen (secondary N) is 1. The van der Waals surface area contributed by atoms with Crippen LogP contribution in [0.2, 0.25) is 5.02 Å². The molecule has 0 aliphatic heterocycles. The van der Waals surface area contributed by atoms with Crippen molar-refractivity contribution in [3.63, 3.8) is 0 Å². The zero-order valence-corrected chi connectivity index (χ0v) is 15.9. The van der Waals surface area contributed by atoms with Crippen molar-refractivity contribution >= 4 is 17.3 Å². The molecule has 0 bridgehead atoms. The van der Waals surface area contributed by atoms with Crippen LogP contribution >= 0.6 is 11.6 Å². The fourth-order valence-electron chi connectivity index (χ4n) is 2.69. The van der Waals surface area contributed by atoms with Crippen molar-refractivity contribution in [1.29, 1.82) is 0 Å². The Morgan fingerprint density at radius 2 is 1.84 bits per heavy atom. The standard InChI is InChI=1S/C20H25ClFN3/c1-14-6-8-16(9-7-14)18-12-17(21)10-11-19(18)25(22)13-20(24(4)5)15(2)23-3/h6-12,20,23H,2,13H2,1,3-5H3. The van der Waals surface area contributed by atoms with Crippen molar-refractivity contribution in [2.24, 2.45) is 0 Å². The predicted octanol–water partition coefficient (Wildman–Crippen LogP) is 4.67. The fourth-order valence-corrected chi connectivity index (χ4v) is 2.86. The molecule has 1 unspecified atom stereocenters. The maximum atomic E-state index is 15.1. The molecule has 0 heterocycles. The molecule has 3 nitrogen and oxygen atoms in total. The molecule has 0 saturated heterocycles. The van der Waals surface area contributed by atoms with Gasteiger partial charge in [-0.2, -0.15) is 0 Å². The highest BCUT2D eigenvalue weighted by Crippen LogP contribution is 2.34. The molecule has 0 aliphatic carbocycles. The number of benzene rings is 2. The summed E-state index contributed by atoms with van der Waals surface area (Å²) in [7, 11) is 5.61. The Hall–Kier alpha value is -2.04. The Morgan fingerprint density at radius 3 is 2.40 bits per heavy atom. The lowest BCUT2D eigenvalue weighted by Crippen LogP contribution is -2.41. The second-order valence-corrected chi connectivity index (χ2v) is 6.76. The lowest BCUT2D eigenvalue weighted by atomic mass is 10.0. The van der Waals surface area contributed by atoms with Gasteiger partial charge in [-0.25, -0.2) is 5.12 Å². The van der Waals surface area contributed by atoms with Gasteiger partial charge in [0.05, 0.1) is 18.3 Å². The van der Waals surface area contributed by atoms with Crippen molar-refractivity contribution in [1.82, 2.24) is 10.2 Å². The predicted molar refractivity (Wildman–Crippen MR) is 106 cm³/mol. The highest BCUT2D eigenvalue weighted by atomic mass is 35.5. The van der Waals surface area contributed by atoms with Crippen LogP contribution in [0.3, 0.4) is 0 Å². The van der Waals surface area contributed by atoms with Crippen molar-refractivity contribution in [2.45, 2.75) is 13.0 Å². The molecule has 25 heavy (non-hydrogen) atoms. The number of nitrogens with zero attached hydrogens (tertiary/aromatic N) is 2. The Morgan fingerprint density at radius 1 is 1.20 bits per heavy atom. The Bertz CT molecular complexity index is 728. The summed E-state index contributed by atoms with van der Waals surface area (Å²) in [5.41, 5.74) is 4.10. The molecule has 2 aromatic rings. The van der Waals surface area contributed by atoms with Crippen molar-refractivity contribution in [3.8, 4) is 11.1 Å². The first kappa shape index (κ1) is 19.3. The van der Waals surface area contributed by atoms with E-state index in [1.165, 1.54) is 0 Å². The van der Waals surface area contributed by atoms with Gasteiger partial charge in [0.15, 0.2) is 0 Å². The van der Waals surface area contributed by atoms with E-state index in [4.69, 9.17) is 11.6 Å². The van der Waals surface area contributed by atoms with Crippen LogP contribution in [-0.4, -0.2) is 38.6 Å². The summed E-state index contributed by atoms with van der Waals surface area (Å²) >= 11 is 6.16. The molecular weight excluding hydrogens is 337 g/mol. The molecule has 1 atom stereocenters. The average Bonchev–Trinajstić information content (AvgIpc) is 2.59. The van der Waals surface area contributed by atoms with Gasteiger partial charge in [-0.05, 0) is 44.8 Å². The topological polar surface area (TPSA) is 18.5 Å². The van der Waals surface area contributed by atoms with Gasteiger partial charge in [0.25, 0.3) is 0 Å². The summed E-state index contributed by atoms with van der Waals surface area (Å²) in [6.45, 7) is 6.16. The SMILES string of the molecule is C=C(NC)C(CN(F)c1ccc(Cl)cc1-c1ccc(C)cc1)N(C)C. The molecule has 0 aliphatic rings. The zero-order valence-electron chi connectivity index (χ0n) is 15.2. The smallest absolute Gasteiger partial charge is 0.0767 e. The maximum Gasteiger partial charge on any atom is 0.0767 e. The number of anilines is 1. The van der Waals surface area contributed by atoms with E-state index in [0.717, 1.165) is 27.5 Å².